The molecule has 1 amide bonds. The Morgan fingerprint density at radius 3 is 2.30 bits per heavy atom. The summed E-state index contributed by atoms with van der Waals surface area (Å²) in [5.74, 6) is -0.0748. The number of carbonyl (C=O) groups is 1. The molecule has 0 aliphatic rings. The molecule has 7 nitrogen and oxygen atoms in total. The first-order chi connectivity index (χ1) is 13.1. The minimum absolute atomic E-state index is 0.0223. The van der Waals surface area contributed by atoms with Gasteiger partial charge in [0.05, 0.1) is 4.92 Å². The maximum atomic E-state index is 12.8. The second-order valence-corrected chi connectivity index (χ2v) is 6.03. The summed E-state index contributed by atoms with van der Waals surface area (Å²) in [6.45, 7) is 6.35. The Labute approximate surface area is 159 Å². The average molecular weight is 370 g/mol. The van der Waals surface area contributed by atoms with Gasteiger partial charge in [-0.2, -0.15) is 0 Å². The van der Waals surface area contributed by atoms with Crippen LogP contribution >= 0.6 is 0 Å². The molecule has 0 fully saturated rings. The molecule has 0 saturated heterocycles. The van der Waals surface area contributed by atoms with Crippen molar-refractivity contribution in [1.29, 1.82) is 0 Å². The number of rotatable bonds is 10. The fourth-order valence-electron chi connectivity index (χ4n) is 3.01. The number of para-hydroxylation sites is 2. The van der Waals surface area contributed by atoms with E-state index in [-0.39, 0.29) is 17.6 Å². The predicted octanol–water partition coefficient (Wildman–Crippen LogP) is 3.21. The van der Waals surface area contributed by atoms with Gasteiger partial charge < -0.3 is 10.6 Å². The molecule has 2 aromatic carbocycles. The van der Waals surface area contributed by atoms with Gasteiger partial charge in [0.2, 0.25) is 5.91 Å². The molecule has 0 aliphatic carbocycles. The van der Waals surface area contributed by atoms with E-state index >= 15 is 0 Å². The van der Waals surface area contributed by atoms with E-state index in [0.29, 0.717) is 18.8 Å². The highest BCUT2D eigenvalue weighted by Gasteiger charge is 2.25. The van der Waals surface area contributed by atoms with Crippen molar-refractivity contribution in [3.05, 3.63) is 70.3 Å². The summed E-state index contributed by atoms with van der Waals surface area (Å²) in [5.41, 5.74) is 1.42. The SMILES string of the molecule is CCN(CC)C(C(=O)NCCNc1ccccc1[N+](=O)[O-])c1ccccc1. The van der Waals surface area contributed by atoms with Gasteiger partial charge in [0.25, 0.3) is 5.69 Å². The average Bonchev–Trinajstić information content (AvgIpc) is 2.70. The first-order valence-electron chi connectivity index (χ1n) is 9.12. The van der Waals surface area contributed by atoms with Crippen LogP contribution in [0, 0.1) is 10.1 Å². The molecule has 1 unspecified atom stereocenters. The van der Waals surface area contributed by atoms with Crippen molar-refractivity contribution in [3.8, 4) is 0 Å². The first kappa shape index (κ1) is 20.4. The fraction of sp³-hybridized carbons (Fsp3) is 0.350. The molecule has 0 heterocycles. The lowest BCUT2D eigenvalue weighted by molar-refractivity contribution is -0.384. The standard InChI is InChI=1S/C20H26N4O3/c1-3-23(4-2)19(16-10-6-5-7-11-16)20(25)22-15-14-21-17-12-8-9-13-18(17)24(26)27/h5-13,19,21H,3-4,14-15H2,1-2H3,(H,22,25). The van der Waals surface area contributed by atoms with Crippen molar-refractivity contribution in [1.82, 2.24) is 10.2 Å². The Kier molecular flexibility index (Phi) is 7.76. The number of amides is 1. The van der Waals surface area contributed by atoms with Gasteiger partial charge in [-0.25, -0.2) is 0 Å². The lowest BCUT2D eigenvalue weighted by atomic mass is 10.0. The zero-order valence-electron chi connectivity index (χ0n) is 15.7. The molecule has 2 aromatic rings. The molecule has 27 heavy (non-hydrogen) atoms. The number of nitrogens with one attached hydrogen (secondary N) is 2. The number of hydrogen-bond donors (Lipinski definition) is 2. The van der Waals surface area contributed by atoms with Crippen molar-refractivity contribution in [2.75, 3.05) is 31.5 Å². The molecule has 0 bridgehead atoms. The molecule has 1 atom stereocenters. The Morgan fingerprint density at radius 2 is 1.67 bits per heavy atom. The molecule has 0 spiro atoms. The van der Waals surface area contributed by atoms with Gasteiger partial charge in [-0.1, -0.05) is 56.3 Å². The van der Waals surface area contributed by atoms with E-state index in [1.54, 1.807) is 18.2 Å². The van der Waals surface area contributed by atoms with E-state index in [1.807, 2.05) is 44.2 Å². The normalized spacial score (nSPS) is 11.8. The van der Waals surface area contributed by atoms with Crippen LogP contribution < -0.4 is 10.6 Å². The van der Waals surface area contributed by atoms with Crippen molar-refractivity contribution >= 4 is 17.3 Å². The molecule has 0 aromatic heterocycles. The van der Waals surface area contributed by atoms with Gasteiger partial charge in [-0.3, -0.25) is 19.8 Å². The van der Waals surface area contributed by atoms with Crippen molar-refractivity contribution in [2.45, 2.75) is 19.9 Å². The Hall–Kier alpha value is -2.93. The molecular weight excluding hydrogens is 344 g/mol. The van der Waals surface area contributed by atoms with Crippen LogP contribution in [0.25, 0.3) is 0 Å². The summed E-state index contributed by atoms with van der Waals surface area (Å²) in [6.07, 6.45) is 0. The van der Waals surface area contributed by atoms with Crippen LogP contribution in [0.2, 0.25) is 0 Å². The fourth-order valence-corrected chi connectivity index (χ4v) is 3.01. The van der Waals surface area contributed by atoms with Crippen LogP contribution in [-0.2, 0) is 4.79 Å². The number of hydrogen-bond acceptors (Lipinski definition) is 5. The third-order valence-corrected chi connectivity index (χ3v) is 4.38. The van der Waals surface area contributed by atoms with Gasteiger partial charge in [0.15, 0.2) is 0 Å². The van der Waals surface area contributed by atoms with E-state index < -0.39 is 4.92 Å². The summed E-state index contributed by atoms with van der Waals surface area (Å²) < 4.78 is 0. The minimum Gasteiger partial charge on any atom is -0.378 e. The molecule has 2 N–H and O–H groups in total. The van der Waals surface area contributed by atoms with Crippen molar-refractivity contribution < 1.29 is 9.72 Å². The number of anilines is 1. The Morgan fingerprint density at radius 1 is 1.04 bits per heavy atom. The van der Waals surface area contributed by atoms with Crippen molar-refractivity contribution in [3.63, 3.8) is 0 Å². The lowest BCUT2D eigenvalue weighted by Gasteiger charge is -2.29. The van der Waals surface area contributed by atoms with E-state index in [1.165, 1.54) is 6.07 Å². The van der Waals surface area contributed by atoms with Gasteiger partial charge in [0, 0.05) is 19.2 Å². The summed E-state index contributed by atoms with van der Waals surface area (Å²) in [7, 11) is 0. The van der Waals surface area contributed by atoms with Crippen LogP contribution in [0.1, 0.15) is 25.5 Å². The second kappa shape index (κ2) is 10.3. The van der Waals surface area contributed by atoms with E-state index in [0.717, 1.165) is 18.7 Å². The maximum absolute atomic E-state index is 12.8. The zero-order chi connectivity index (χ0) is 19.6. The summed E-state index contributed by atoms with van der Waals surface area (Å²) >= 11 is 0. The van der Waals surface area contributed by atoms with Crippen LogP contribution in [-0.4, -0.2) is 41.9 Å². The van der Waals surface area contributed by atoms with Crippen LogP contribution in [0.3, 0.4) is 0 Å². The third kappa shape index (κ3) is 5.52. The molecular formula is C20H26N4O3. The summed E-state index contributed by atoms with van der Waals surface area (Å²) in [6, 6.07) is 15.8. The van der Waals surface area contributed by atoms with Crippen LogP contribution in [0.5, 0.6) is 0 Å². The topological polar surface area (TPSA) is 87.5 Å². The minimum atomic E-state index is -0.424. The molecule has 144 valence electrons. The molecule has 2 rings (SSSR count). The Balaban J connectivity index is 1.97. The van der Waals surface area contributed by atoms with Crippen molar-refractivity contribution in [2.24, 2.45) is 0 Å². The molecule has 0 aliphatic heterocycles. The van der Waals surface area contributed by atoms with Crippen LogP contribution in [0.4, 0.5) is 11.4 Å². The lowest BCUT2D eigenvalue weighted by Crippen LogP contribution is -2.41. The van der Waals surface area contributed by atoms with Gasteiger partial charge in [-0.05, 0) is 24.7 Å². The number of likely N-dealkylation sites (N-methyl/N-ethyl adjacent to an activating group) is 1. The number of nitro benzene ring substituents is 1. The predicted molar refractivity (Wildman–Crippen MR) is 107 cm³/mol. The highest BCUT2D eigenvalue weighted by Crippen LogP contribution is 2.23. The highest BCUT2D eigenvalue weighted by molar-refractivity contribution is 5.83. The maximum Gasteiger partial charge on any atom is 0.292 e. The van der Waals surface area contributed by atoms with E-state index in [4.69, 9.17) is 0 Å². The highest BCUT2D eigenvalue weighted by atomic mass is 16.6. The summed E-state index contributed by atoms with van der Waals surface area (Å²) in [4.78, 5) is 25.5. The van der Waals surface area contributed by atoms with Gasteiger partial charge in [0.1, 0.15) is 11.7 Å². The number of nitrogens with zero attached hydrogens (tertiary/aromatic N) is 2. The largest absolute Gasteiger partial charge is 0.378 e. The molecule has 0 saturated carbocycles. The van der Waals surface area contributed by atoms with E-state index in [2.05, 4.69) is 15.5 Å². The first-order valence-corrected chi connectivity index (χ1v) is 9.12. The number of nitro groups is 1. The number of carbonyl (C=O) groups excluding carboxylic acids is 1. The quantitative estimate of drug-likeness (QED) is 0.381. The van der Waals surface area contributed by atoms with E-state index in [9.17, 15) is 14.9 Å². The monoisotopic (exact) mass is 370 g/mol. The number of benzene rings is 2. The zero-order valence-corrected chi connectivity index (χ0v) is 15.7. The summed E-state index contributed by atoms with van der Waals surface area (Å²) in [5, 5.41) is 17.0. The molecule has 0 radical (unpaired) electrons. The van der Waals surface area contributed by atoms with Crippen LogP contribution in [0.15, 0.2) is 54.6 Å². The van der Waals surface area contributed by atoms with Gasteiger partial charge in [-0.15, -0.1) is 0 Å². The third-order valence-electron chi connectivity index (χ3n) is 4.38. The second-order valence-electron chi connectivity index (χ2n) is 6.03. The Bertz CT molecular complexity index is 748. The molecule has 7 heteroatoms. The smallest absolute Gasteiger partial charge is 0.292 e. The van der Waals surface area contributed by atoms with Gasteiger partial charge >= 0.3 is 0 Å².